The molecule has 7 heteroatoms. The lowest BCUT2D eigenvalue weighted by atomic mass is 9.94. The van der Waals surface area contributed by atoms with Gasteiger partial charge in [-0.2, -0.15) is 0 Å². The number of aliphatic hydroxyl groups excluding tert-OH is 1. The van der Waals surface area contributed by atoms with Crippen molar-refractivity contribution < 1.29 is 29.0 Å². The molecule has 2 aromatic carbocycles. The number of ketones is 1. The van der Waals surface area contributed by atoms with Gasteiger partial charge in [-0.05, 0) is 25.8 Å². The standard InChI is InChI=1S/C24H24FNO5/c1-15-10-12-16(13-11-15)22(29)20-21(17-7-4-5-8-18(17)25)26(24(31)23(20)30)14-6-2-3-9-19(27)28/h4-5,7-8,10-13,21,29H,2-3,6,9,14H2,1H3,(H,27,28)/t21-/m1/s1. The monoisotopic (exact) mass is 425 g/mol. The molecule has 1 amide bonds. The van der Waals surface area contributed by atoms with Gasteiger partial charge in [0.2, 0.25) is 0 Å². The van der Waals surface area contributed by atoms with Crippen LogP contribution in [0.3, 0.4) is 0 Å². The van der Waals surface area contributed by atoms with Crippen molar-refractivity contribution >= 4 is 23.4 Å². The van der Waals surface area contributed by atoms with Gasteiger partial charge in [-0.3, -0.25) is 14.4 Å². The number of carboxylic acids is 1. The highest BCUT2D eigenvalue weighted by atomic mass is 19.1. The maximum Gasteiger partial charge on any atom is 0.303 e. The third-order valence-corrected chi connectivity index (χ3v) is 5.35. The lowest BCUT2D eigenvalue weighted by Gasteiger charge is -2.25. The molecule has 2 aromatic rings. The first kappa shape index (κ1) is 22.2. The summed E-state index contributed by atoms with van der Waals surface area (Å²) < 4.78 is 14.7. The first-order valence-corrected chi connectivity index (χ1v) is 10.1. The van der Waals surface area contributed by atoms with Crippen LogP contribution in [0.1, 0.15) is 48.4 Å². The molecule has 0 radical (unpaired) electrons. The maximum absolute atomic E-state index is 14.7. The Morgan fingerprint density at radius 2 is 1.68 bits per heavy atom. The zero-order valence-electron chi connectivity index (χ0n) is 17.2. The molecule has 0 unspecified atom stereocenters. The molecule has 3 rings (SSSR count). The fraction of sp³-hybridized carbons (Fsp3) is 0.292. The number of carbonyl (C=O) groups is 3. The largest absolute Gasteiger partial charge is 0.507 e. The van der Waals surface area contributed by atoms with E-state index < -0.39 is 29.5 Å². The third kappa shape index (κ3) is 4.82. The number of hydrogen-bond acceptors (Lipinski definition) is 4. The molecule has 31 heavy (non-hydrogen) atoms. The number of aryl methyl sites for hydroxylation is 1. The smallest absolute Gasteiger partial charge is 0.303 e. The molecular weight excluding hydrogens is 401 g/mol. The molecule has 6 nitrogen and oxygen atoms in total. The zero-order valence-corrected chi connectivity index (χ0v) is 17.2. The van der Waals surface area contributed by atoms with Gasteiger partial charge in [0.15, 0.2) is 0 Å². The van der Waals surface area contributed by atoms with E-state index in [-0.39, 0.29) is 29.9 Å². The zero-order chi connectivity index (χ0) is 22.5. The van der Waals surface area contributed by atoms with Gasteiger partial charge in [-0.25, -0.2) is 4.39 Å². The van der Waals surface area contributed by atoms with Gasteiger partial charge in [0.1, 0.15) is 11.6 Å². The van der Waals surface area contributed by atoms with Crippen molar-refractivity contribution in [3.63, 3.8) is 0 Å². The number of aliphatic carboxylic acids is 1. The molecule has 1 aliphatic rings. The minimum absolute atomic E-state index is 0.0168. The molecule has 162 valence electrons. The van der Waals surface area contributed by atoms with Crippen molar-refractivity contribution in [1.82, 2.24) is 4.90 Å². The van der Waals surface area contributed by atoms with E-state index in [4.69, 9.17) is 5.11 Å². The van der Waals surface area contributed by atoms with Crippen molar-refractivity contribution in [2.24, 2.45) is 0 Å². The molecule has 0 bridgehead atoms. The van der Waals surface area contributed by atoms with Crippen molar-refractivity contribution in [2.45, 2.75) is 38.6 Å². The number of amides is 1. The van der Waals surface area contributed by atoms with Crippen LogP contribution in [0.5, 0.6) is 0 Å². The quantitative estimate of drug-likeness (QED) is 0.286. The number of likely N-dealkylation sites (tertiary alicyclic amines) is 1. The van der Waals surface area contributed by atoms with Crippen LogP contribution in [-0.2, 0) is 14.4 Å². The van der Waals surface area contributed by atoms with Crippen LogP contribution in [0, 0.1) is 12.7 Å². The summed E-state index contributed by atoms with van der Waals surface area (Å²) >= 11 is 0. The van der Waals surface area contributed by atoms with E-state index in [0.29, 0.717) is 24.8 Å². The Kier molecular flexibility index (Phi) is 6.84. The van der Waals surface area contributed by atoms with Gasteiger partial charge in [0.25, 0.3) is 11.7 Å². The molecule has 1 saturated heterocycles. The molecule has 0 spiro atoms. The third-order valence-electron chi connectivity index (χ3n) is 5.35. The van der Waals surface area contributed by atoms with Crippen LogP contribution >= 0.6 is 0 Å². The molecular formula is C24H24FNO5. The lowest BCUT2D eigenvalue weighted by Crippen LogP contribution is -2.31. The van der Waals surface area contributed by atoms with E-state index in [1.165, 1.54) is 23.1 Å². The number of Topliss-reactive ketones (excluding diaryl/α,β-unsaturated/α-hetero) is 1. The fourth-order valence-electron chi connectivity index (χ4n) is 3.73. The topological polar surface area (TPSA) is 94.9 Å². The number of rotatable bonds is 8. The first-order chi connectivity index (χ1) is 14.8. The van der Waals surface area contributed by atoms with Crippen molar-refractivity contribution in [2.75, 3.05) is 6.54 Å². The van der Waals surface area contributed by atoms with E-state index >= 15 is 0 Å². The summed E-state index contributed by atoms with van der Waals surface area (Å²) in [5, 5.41) is 19.7. The van der Waals surface area contributed by atoms with E-state index in [2.05, 4.69) is 0 Å². The second kappa shape index (κ2) is 9.55. The van der Waals surface area contributed by atoms with Gasteiger partial charge < -0.3 is 15.1 Å². The highest BCUT2D eigenvalue weighted by Gasteiger charge is 2.46. The van der Waals surface area contributed by atoms with E-state index in [9.17, 15) is 23.9 Å². The van der Waals surface area contributed by atoms with E-state index in [0.717, 1.165) is 5.56 Å². The Morgan fingerprint density at radius 3 is 2.32 bits per heavy atom. The first-order valence-electron chi connectivity index (χ1n) is 10.1. The van der Waals surface area contributed by atoms with Gasteiger partial charge in [0, 0.05) is 24.1 Å². The SMILES string of the molecule is Cc1ccc(C(O)=C2C(=O)C(=O)N(CCCCCC(=O)O)[C@@H]2c2ccccc2F)cc1. The van der Waals surface area contributed by atoms with Gasteiger partial charge >= 0.3 is 5.97 Å². The summed E-state index contributed by atoms with van der Waals surface area (Å²) in [4.78, 5) is 37.6. The molecule has 0 saturated carbocycles. The average Bonchev–Trinajstić information content (AvgIpc) is 2.98. The number of carboxylic acid groups (broad SMARTS) is 1. The minimum atomic E-state index is -1.05. The molecule has 2 N–H and O–H groups in total. The van der Waals surface area contributed by atoms with Crippen LogP contribution < -0.4 is 0 Å². The number of halogens is 1. The molecule has 0 aromatic heterocycles. The Bertz CT molecular complexity index is 1030. The van der Waals surface area contributed by atoms with Crippen LogP contribution in [0.15, 0.2) is 54.1 Å². The van der Waals surface area contributed by atoms with Crippen LogP contribution in [0.2, 0.25) is 0 Å². The van der Waals surface area contributed by atoms with Crippen LogP contribution in [0.25, 0.3) is 5.76 Å². The number of benzene rings is 2. The molecule has 1 heterocycles. The predicted octanol–water partition coefficient (Wildman–Crippen LogP) is 4.20. The summed E-state index contributed by atoms with van der Waals surface area (Å²) in [6.07, 6.45) is 1.45. The van der Waals surface area contributed by atoms with Crippen LogP contribution in [-0.4, -0.2) is 39.3 Å². The Hall–Kier alpha value is -3.48. The average molecular weight is 425 g/mol. The second-order valence-corrected chi connectivity index (χ2v) is 7.58. The highest BCUT2D eigenvalue weighted by Crippen LogP contribution is 2.40. The van der Waals surface area contributed by atoms with Crippen molar-refractivity contribution in [1.29, 1.82) is 0 Å². The molecule has 1 aliphatic heterocycles. The second-order valence-electron chi connectivity index (χ2n) is 7.58. The maximum atomic E-state index is 14.7. The number of nitrogens with zero attached hydrogens (tertiary/aromatic N) is 1. The van der Waals surface area contributed by atoms with Crippen LogP contribution in [0.4, 0.5) is 4.39 Å². The van der Waals surface area contributed by atoms with E-state index in [1.54, 1.807) is 30.3 Å². The van der Waals surface area contributed by atoms with Gasteiger partial charge in [-0.15, -0.1) is 0 Å². The molecule has 1 atom stereocenters. The number of hydrogen-bond donors (Lipinski definition) is 2. The molecule has 0 aliphatic carbocycles. The number of carbonyl (C=O) groups excluding carboxylic acids is 2. The van der Waals surface area contributed by atoms with Crippen molar-refractivity contribution in [3.05, 3.63) is 76.6 Å². The van der Waals surface area contributed by atoms with E-state index in [1.807, 2.05) is 6.92 Å². The Balaban J connectivity index is 1.99. The summed E-state index contributed by atoms with van der Waals surface area (Å²) in [5.74, 6) is -3.50. The summed E-state index contributed by atoms with van der Waals surface area (Å²) in [6, 6.07) is 11.6. The normalized spacial score (nSPS) is 17.9. The van der Waals surface area contributed by atoms with Crippen molar-refractivity contribution in [3.8, 4) is 0 Å². The predicted molar refractivity (Wildman–Crippen MR) is 113 cm³/mol. The summed E-state index contributed by atoms with van der Waals surface area (Å²) in [5.41, 5.74) is 1.31. The number of aliphatic hydroxyl groups is 1. The summed E-state index contributed by atoms with van der Waals surface area (Å²) in [6.45, 7) is 2.03. The van der Waals surface area contributed by atoms with Gasteiger partial charge in [0.05, 0.1) is 11.6 Å². The lowest BCUT2D eigenvalue weighted by molar-refractivity contribution is -0.140. The van der Waals surface area contributed by atoms with Gasteiger partial charge in [-0.1, -0.05) is 54.4 Å². The Labute approximate surface area is 179 Å². The summed E-state index contributed by atoms with van der Waals surface area (Å²) in [7, 11) is 0. The minimum Gasteiger partial charge on any atom is -0.507 e. The molecule has 1 fully saturated rings. The highest BCUT2D eigenvalue weighted by molar-refractivity contribution is 6.46. The Morgan fingerprint density at radius 1 is 1.00 bits per heavy atom. The fourth-order valence-corrected chi connectivity index (χ4v) is 3.73. The number of unbranched alkanes of at least 4 members (excludes halogenated alkanes) is 2.